The van der Waals surface area contributed by atoms with E-state index in [-0.39, 0.29) is 11.7 Å². The third-order valence-electron chi connectivity index (χ3n) is 3.46. The number of aromatic hydroxyl groups is 1. The number of rotatable bonds is 4. The van der Waals surface area contributed by atoms with Gasteiger partial charge in [-0.2, -0.15) is 0 Å². The Bertz CT molecular complexity index is 436. The average molecular weight is 231 g/mol. The molecule has 0 heterocycles. The van der Waals surface area contributed by atoms with Crippen molar-refractivity contribution in [3.8, 4) is 5.75 Å². The van der Waals surface area contributed by atoms with Crippen LogP contribution in [0.2, 0.25) is 0 Å². The zero-order chi connectivity index (χ0) is 11.8. The van der Waals surface area contributed by atoms with E-state index in [1.165, 1.54) is 0 Å². The van der Waals surface area contributed by atoms with Crippen molar-refractivity contribution in [1.29, 1.82) is 0 Å². The second-order valence-corrected chi connectivity index (χ2v) is 5.14. The zero-order valence-electron chi connectivity index (χ0n) is 9.80. The van der Waals surface area contributed by atoms with Crippen LogP contribution < -0.4 is 0 Å². The Morgan fingerprint density at radius 1 is 1.29 bits per heavy atom. The fourth-order valence-corrected chi connectivity index (χ4v) is 2.19. The van der Waals surface area contributed by atoms with E-state index in [1.807, 2.05) is 17.0 Å². The lowest BCUT2D eigenvalue weighted by molar-refractivity contribution is -0.133. The largest absolute Gasteiger partial charge is 0.508 e. The van der Waals surface area contributed by atoms with Gasteiger partial charge in [-0.25, -0.2) is 0 Å². The first kappa shape index (κ1) is 10.6. The summed E-state index contributed by atoms with van der Waals surface area (Å²) in [5, 5.41) is 9.44. The molecule has 3 rings (SSSR count). The van der Waals surface area contributed by atoms with E-state index in [9.17, 15) is 9.90 Å². The van der Waals surface area contributed by atoms with Crippen LogP contribution in [-0.4, -0.2) is 22.0 Å². The van der Waals surface area contributed by atoms with E-state index in [0.29, 0.717) is 18.5 Å². The number of benzene rings is 1. The first-order chi connectivity index (χ1) is 8.24. The van der Waals surface area contributed by atoms with E-state index in [1.54, 1.807) is 12.1 Å². The van der Waals surface area contributed by atoms with E-state index in [4.69, 9.17) is 0 Å². The van der Waals surface area contributed by atoms with Gasteiger partial charge < -0.3 is 10.0 Å². The zero-order valence-corrected chi connectivity index (χ0v) is 9.80. The molecule has 3 nitrogen and oxygen atoms in total. The fourth-order valence-electron chi connectivity index (χ4n) is 2.19. The first-order valence-corrected chi connectivity index (χ1v) is 6.32. The smallest absolute Gasteiger partial charge is 0.226 e. The lowest BCUT2D eigenvalue weighted by atomic mass is 10.2. The highest BCUT2D eigenvalue weighted by molar-refractivity contribution is 5.81. The minimum Gasteiger partial charge on any atom is -0.508 e. The number of hydrogen-bond donors (Lipinski definition) is 1. The monoisotopic (exact) mass is 231 g/mol. The van der Waals surface area contributed by atoms with Crippen molar-refractivity contribution in [2.75, 3.05) is 0 Å². The van der Waals surface area contributed by atoms with Gasteiger partial charge in [-0.1, -0.05) is 12.1 Å². The second-order valence-electron chi connectivity index (χ2n) is 5.14. The van der Waals surface area contributed by atoms with Crippen LogP contribution in [0.4, 0.5) is 0 Å². The molecule has 0 aliphatic heterocycles. The molecule has 0 unspecified atom stereocenters. The number of hydrogen-bond acceptors (Lipinski definition) is 2. The Hall–Kier alpha value is -1.51. The highest BCUT2D eigenvalue weighted by Gasteiger charge is 2.39. The maximum Gasteiger partial charge on any atom is 0.226 e. The lowest BCUT2D eigenvalue weighted by Gasteiger charge is -2.22. The maximum absolute atomic E-state index is 12.1. The van der Waals surface area contributed by atoms with Gasteiger partial charge in [-0.3, -0.25) is 4.79 Å². The average Bonchev–Trinajstić information content (AvgIpc) is 3.18. The molecular formula is C14H17NO2. The summed E-state index contributed by atoms with van der Waals surface area (Å²) < 4.78 is 0. The highest BCUT2D eigenvalue weighted by Crippen LogP contribution is 2.36. The topological polar surface area (TPSA) is 40.5 Å². The summed E-state index contributed by atoms with van der Waals surface area (Å²) >= 11 is 0. The quantitative estimate of drug-likeness (QED) is 0.863. The van der Waals surface area contributed by atoms with Gasteiger partial charge >= 0.3 is 0 Å². The molecule has 1 aromatic rings. The number of phenols is 1. The van der Waals surface area contributed by atoms with Gasteiger partial charge in [0.2, 0.25) is 5.91 Å². The Morgan fingerprint density at radius 2 is 2.06 bits per heavy atom. The van der Waals surface area contributed by atoms with Crippen LogP contribution in [0.15, 0.2) is 24.3 Å². The molecule has 1 amide bonds. The maximum atomic E-state index is 12.1. The molecule has 0 radical (unpaired) electrons. The summed E-state index contributed by atoms with van der Waals surface area (Å²) in [6.07, 6.45) is 4.39. The molecule has 0 aromatic heterocycles. The fraction of sp³-hybridized carbons (Fsp3) is 0.500. The van der Waals surface area contributed by atoms with E-state index in [2.05, 4.69) is 0 Å². The Labute approximate surface area is 101 Å². The third-order valence-corrected chi connectivity index (χ3v) is 3.46. The van der Waals surface area contributed by atoms with Crippen LogP contribution in [0, 0.1) is 5.92 Å². The predicted octanol–water partition coefficient (Wildman–Crippen LogP) is 2.29. The molecule has 0 bridgehead atoms. The van der Waals surface area contributed by atoms with Crippen molar-refractivity contribution in [2.45, 2.75) is 38.3 Å². The molecule has 1 aromatic carbocycles. The van der Waals surface area contributed by atoms with Gasteiger partial charge in [0.25, 0.3) is 0 Å². The summed E-state index contributed by atoms with van der Waals surface area (Å²) in [6, 6.07) is 7.65. The van der Waals surface area contributed by atoms with Crippen molar-refractivity contribution >= 4 is 5.91 Å². The molecule has 2 aliphatic rings. The van der Waals surface area contributed by atoms with Crippen LogP contribution >= 0.6 is 0 Å². The Balaban J connectivity index is 1.73. The molecule has 0 spiro atoms. The highest BCUT2D eigenvalue weighted by atomic mass is 16.3. The summed E-state index contributed by atoms with van der Waals surface area (Å²) in [6.45, 7) is 0.647. The van der Waals surface area contributed by atoms with Crippen molar-refractivity contribution in [2.24, 2.45) is 5.92 Å². The van der Waals surface area contributed by atoms with E-state index < -0.39 is 0 Å². The van der Waals surface area contributed by atoms with Gasteiger partial charge in [0.1, 0.15) is 5.75 Å². The number of phenolic OH excluding ortho intramolecular Hbond substituents is 1. The van der Waals surface area contributed by atoms with Crippen LogP contribution in [0.1, 0.15) is 31.2 Å². The summed E-state index contributed by atoms with van der Waals surface area (Å²) in [5.41, 5.74) is 1.02. The second kappa shape index (κ2) is 4.06. The van der Waals surface area contributed by atoms with Crippen molar-refractivity contribution < 1.29 is 9.90 Å². The minimum absolute atomic E-state index is 0.275. The van der Waals surface area contributed by atoms with Crippen LogP contribution in [0.5, 0.6) is 5.75 Å². The lowest BCUT2D eigenvalue weighted by Crippen LogP contribution is -2.33. The van der Waals surface area contributed by atoms with Crippen molar-refractivity contribution in [3.05, 3.63) is 29.8 Å². The third kappa shape index (κ3) is 2.43. The summed E-state index contributed by atoms with van der Waals surface area (Å²) in [7, 11) is 0. The molecule has 1 N–H and O–H groups in total. The predicted molar refractivity (Wildman–Crippen MR) is 64.4 cm³/mol. The van der Waals surface area contributed by atoms with E-state index in [0.717, 1.165) is 31.2 Å². The van der Waals surface area contributed by atoms with Crippen LogP contribution in [0.3, 0.4) is 0 Å². The standard InChI is InChI=1S/C14H17NO2/c16-13-3-1-2-10(8-13)9-15(12-6-7-12)14(17)11-4-5-11/h1-3,8,11-12,16H,4-7,9H2. The molecular weight excluding hydrogens is 214 g/mol. The van der Waals surface area contributed by atoms with Crippen LogP contribution in [0.25, 0.3) is 0 Å². The Kier molecular flexibility index (Phi) is 2.54. The molecule has 2 saturated carbocycles. The number of carbonyl (C=O) groups is 1. The molecule has 2 aliphatic carbocycles. The Morgan fingerprint density at radius 3 is 2.65 bits per heavy atom. The summed E-state index contributed by atoms with van der Waals surface area (Å²) in [4.78, 5) is 14.1. The molecule has 17 heavy (non-hydrogen) atoms. The molecule has 2 fully saturated rings. The number of nitrogens with zero attached hydrogens (tertiary/aromatic N) is 1. The van der Waals surface area contributed by atoms with Crippen molar-refractivity contribution in [3.63, 3.8) is 0 Å². The summed E-state index contributed by atoms with van der Waals surface area (Å²) in [5.74, 6) is 0.876. The molecule has 3 heteroatoms. The van der Waals surface area contributed by atoms with Crippen LogP contribution in [-0.2, 0) is 11.3 Å². The normalized spacial score (nSPS) is 19.1. The molecule has 90 valence electrons. The SMILES string of the molecule is O=C(C1CC1)N(Cc1cccc(O)c1)C1CC1. The van der Waals surface area contributed by atoms with Crippen molar-refractivity contribution in [1.82, 2.24) is 4.90 Å². The first-order valence-electron chi connectivity index (χ1n) is 6.32. The minimum atomic E-state index is 0.275. The molecule has 0 atom stereocenters. The molecule has 0 saturated heterocycles. The van der Waals surface area contributed by atoms with Gasteiger partial charge in [0.05, 0.1) is 0 Å². The number of carbonyl (C=O) groups excluding carboxylic acids is 1. The van der Waals surface area contributed by atoms with E-state index >= 15 is 0 Å². The van der Waals surface area contributed by atoms with Gasteiger partial charge in [-0.15, -0.1) is 0 Å². The van der Waals surface area contributed by atoms with Gasteiger partial charge in [0.15, 0.2) is 0 Å². The number of amides is 1. The van der Waals surface area contributed by atoms with Gasteiger partial charge in [-0.05, 0) is 43.4 Å². The van der Waals surface area contributed by atoms with Gasteiger partial charge in [0, 0.05) is 18.5 Å².